The highest BCUT2D eigenvalue weighted by Crippen LogP contribution is 2.43. The van der Waals surface area contributed by atoms with E-state index in [1.54, 1.807) is 0 Å². The third kappa shape index (κ3) is 2.39. The molecule has 1 aromatic carbocycles. The second-order valence-electron chi connectivity index (χ2n) is 6.10. The molecule has 0 amide bonds. The average molecular weight is 247 g/mol. The van der Waals surface area contributed by atoms with E-state index in [4.69, 9.17) is 4.74 Å². The standard InChI is InChI=1S/C16H25NO/c1-6-13(11(2)3)17-15-12-9-7-8-10-14(12)18-16(15,4)5/h7-11,13,15,17H,6H2,1-5H3. The van der Waals surface area contributed by atoms with Gasteiger partial charge in [-0.1, -0.05) is 39.0 Å². The number of hydrogen-bond acceptors (Lipinski definition) is 2. The Morgan fingerprint density at radius 3 is 2.56 bits per heavy atom. The normalized spacial score (nSPS) is 22.7. The minimum absolute atomic E-state index is 0.175. The van der Waals surface area contributed by atoms with Gasteiger partial charge in [-0.25, -0.2) is 0 Å². The summed E-state index contributed by atoms with van der Waals surface area (Å²) in [5.74, 6) is 1.66. The van der Waals surface area contributed by atoms with Crippen LogP contribution < -0.4 is 10.1 Å². The van der Waals surface area contributed by atoms with E-state index in [2.05, 4.69) is 58.1 Å². The Kier molecular flexibility index (Phi) is 3.67. The Morgan fingerprint density at radius 2 is 1.94 bits per heavy atom. The highest BCUT2D eigenvalue weighted by atomic mass is 16.5. The van der Waals surface area contributed by atoms with Crippen molar-refractivity contribution in [1.29, 1.82) is 0 Å². The van der Waals surface area contributed by atoms with Gasteiger partial charge in [-0.2, -0.15) is 0 Å². The SMILES string of the molecule is CCC(NC1c2ccccc2OC1(C)C)C(C)C. The van der Waals surface area contributed by atoms with Crippen molar-refractivity contribution in [3.63, 3.8) is 0 Å². The Hall–Kier alpha value is -1.02. The largest absolute Gasteiger partial charge is 0.486 e. The van der Waals surface area contributed by atoms with Gasteiger partial charge in [0.15, 0.2) is 0 Å². The lowest BCUT2D eigenvalue weighted by Gasteiger charge is -2.32. The molecule has 100 valence electrons. The molecule has 0 saturated heterocycles. The van der Waals surface area contributed by atoms with E-state index in [9.17, 15) is 0 Å². The summed E-state index contributed by atoms with van der Waals surface area (Å²) < 4.78 is 6.07. The Balaban J connectivity index is 2.25. The van der Waals surface area contributed by atoms with Crippen molar-refractivity contribution in [2.24, 2.45) is 5.92 Å². The number of nitrogens with one attached hydrogen (secondary N) is 1. The van der Waals surface area contributed by atoms with Gasteiger partial charge >= 0.3 is 0 Å². The fraction of sp³-hybridized carbons (Fsp3) is 0.625. The molecule has 0 aliphatic carbocycles. The van der Waals surface area contributed by atoms with E-state index in [0.717, 1.165) is 12.2 Å². The Labute approximate surface area is 111 Å². The van der Waals surface area contributed by atoms with Crippen molar-refractivity contribution in [2.45, 2.75) is 58.7 Å². The van der Waals surface area contributed by atoms with Crippen molar-refractivity contribution in [3.05, 3.63) is 29.8 Å². The Bertz CT molecular complexity index is 411. The zero-order valence-corrected chi connectivity index (χ0v) is 12.2. The van der Waals surface area contributed by atoms with Crippen LogP contribution in [-0.4, -0.2) is 11.6 Å². The molecule has 18 heavy (non-hydrogen) atoms. The molecule has 2 rings (SSSR count). The maximum atomic E-state index is 6.07. The van der Waals surface area contributed by atoms with Crippen LogP contribution in [-0.2, 0) is 0 Å². The second kappa shape index (κ2) is 4.93. The van der Waals surface area contributed by atoms with Gasteiger partial charge in [0.2, 0.25) is 0 Å². The maximum absolute atomic E-state index is 6.07. The van der Waals surface area contributed by atoms with Crippen LogP contribution in [0.3, 0.4) is 0 Å². The number of rotatable bonds is 4. The van der Waals surface area contributed by atoms with Crippen LogP contribution >= 0.6 is 0 Å². The first-order chi connectivity index (χ1) is 8.45. The molecule has 0 fully saturated rings. The molecular formula is C16H25NO. The van der Waals surface area contributed by atoms with E-state index >= 15 is 0 Å². The van der Waals surface area contributed by atoms with Crippen LogP contribution in [0.1, 0.15) is 52.6 Å². The predicted octanol–water partition coefficient (Wildman–Crippen LogP) is 3.92. The molecule has 2 heteroatoms. The molecule has 0 bridgehead atoms. The first kappa shape index (κ1) is 13.4. The van der Waals surface area contributed by atoms with E-state index in [0.29, 0.717) is 12.0 Å². The number of benzene rings is 1. The zero-order valence-electron chi connectivity index (χ0n) is 12.2. The van der Waals surface area contributed by atoms with Crippen LogP contribution in [0.25, 0.3) is 0 Å². The number of fused-ring (bicyclic) bond motifs is 1. The van der Waals surface area contributed by atoms with Crippen molar-refractivity contribution in [1.82, 2.24) is 5.32 Å². The van der Waals surface area contributed by atoms with Crippen molar-refractivity contribution in [2.75, 3.05) is 0 Å². The van der Waals surface area contributed by atoms with Gasteiger partial charge in [0, 0.05) is 11.6 Å². The molecule has 0 radical (unpaired) electrons. The topological polar surface area (TPSA) is 21.3 Å². The average Bonchev–Trinajstić information content (AvgIpc) is 2.55. The summed E-state index contributed by atoms with van der Waals surface area (Å²) in [7, 11) is 0. The highest BCUT2D eigenvalue weighted by Gasteiger charge is 2.41. The Morgan fingerprint density at radius 1 is 1.28 bits per heavy atom. The molecule has 0 aromatic heterocycles. The fourth-order valence-electron chi connectivity index (χ4n) is 2.82. The number of para-hydroxylation sites is 1. The second-order valence-corrected chi connectivity index (χ2v) is 6.10. The number of hydrogen-bond donors (Lipinski definition) is 1. The molecule has 2 nitrogen and oxygen atoms in total. The van der Waals surface area contributed by atoms with E-state index in [1.807, 2.05) is 6.07 Å². The summed E-state index contributed by atoms with van der Waals surface area (Å²) in [5.41, 5.74) is 1.12. The van der Waals surface area contributed by atoms with Gasteiger partial charge in [-0.15, -0.1) is 0 Å². The van der Waals surface area contributed by atoms with Crippen LogP contribution in [0.2, 0.25) is 0 Å². The van der Waals surface area contributed by atoms with Crippen molar-refractivity contribution >= 4 is 0 Å². The van der Waals surface area contributed by atoms with Crippen molar-refractivity contribution in [3.8, 4) is 5.75 Å². The highest BCUT2D eigenvalue weighted by molar-refractivity contribution is 5.42. The van der Waals surface area contributed by atoms with Gasteiger partial charge in [0.25, 0.3) is 0 Å². The zero-order chi connectivity index (χ0) is 13.3. The van der Waals surface area contributed by atoms with Gasteiger partial charge in [-0.3, -0.25) is 0 Å². The number of ether oxygens (including phenoxy) is 1. The third-order valence-corrected chi connectivity index (χ3v) is 3.92. The predicted molar refractivity (Wildman–Crippen MR) is 75.9 cm³/mol. The molecule has 0 saturated carbocycles. The lowest BCUT2D eigenvalue weighted by atomic mass is 9.91. The molecule has 2 atom stereocenters. The van der Waals surface area contributed by atoms with Crippen LogP contribution in [0.15, 0.2) is 24.3 Å². The van der Waals surface area contributed by atoms with Gasteiger partial charge in [0.1, 0.15) is 11.4 Å². The van der Waals surface area contributed by atoms with Crippen LogP contribution in [0.5, 0.6) is 5.75 Å². The lowest BCUT2D eigenvalue weighted by Crippen LogP contribution is -2.45. The maximum Gasteiger partial charge on any atom is 0.125 e. The van der Waals surface area contributed by atoms with Gasteiger partial charge < -0.3 is 10.1 Å². The minimum atomic E-state index is -0.175. The molecular weight excluding hydrogens is 222 g/mol. The minimum Gasteiger partial charge on any atom is -0.486 e. The summed E-state index contributed by atoms with van der Waals surface area (Å²) in [6, 6.07) is 9.18. The smallest absolute Gasteiger partial charge is 0.125 e. The van der Waals surface area contributed by atoms with Crippen LogP contribution in [0, 0.1) is 5.92 Å². The van der Waals surface area contributed by atoms with E-state index in [1.165, 1.54) is 5.56 Å². The van der Waals surface area contributed by atoms with Gasteiger partial charge in [-0.05, 0) is 32.3 Å². The summed E-state index contributed by atoms with van der Waals surface area (Å²) in [6.45, 7) is 11.1. The first-order valence-electron chi connectivity index (χ1n) is 6.99. The molecule has 1 aliphatic heterocycles. The summed E-state index contributed by atoms with van der Waals surface area (Å²) >= 11 is 0. The summed E-state index contributed by atoms with van der Waals surface area (Å²) in [5, 5.41) is 3.79. The van der Waals surface area contributed by atoms with E-state index < -0.39 is 0 Å². The molecule has 1 aromatic rings. The third-order valence-electron chi connectivity index (χ3n) is 3.92. The molecule has 1 heterocycles. The summed E-state index contributed by atoms with van der Waals surface area (Å²) in [6.07, 6.45) is 1.15. The monoisotopic (exact) mass is 247 g/mol. The molecule has 1 N–H and O–H groups in total. The van der Waals surface area contributed by atoms with Crippen LogP contribution in [0.4, 0.5) is 0 Å². The summed E-state index contributed by atoms with van der Waals surface area (Å²) in [4.78, 5) is 0. The molecule has 1 aliphatic rings. The molecule has 0 spiro atoms. The van der Waals surface area contributed by atoms with Crippen molar-refractivity contribution < 1.29 is 4.74 Å². The van der Waals surface area contributed by atoms with Gasteiger partial charge in [0.05, 0.1) is 6.04 Å². The molecule has 2 unspecified atom stereocenters. The fourth-order valence-corrected chi connectivity index (χ4v) is 2.82. The first-order valence-corrected chi connectivity index (χ1v) is 6.99. The van der Waals surface area contributed by atoms with E-state index in [-0.39, 0.29) is 11.6 Å². The quantitative estimate of drug-likeness (QED) is 0.870. The lowest BCUT2D eigenvalue weighted by molar-refractivity contribution is 0.0869.